The van der Waals surface area contributed by atoms with Gasteiger partial charge in [0.25, 0.3) is 6.47 Å². The first-order valence-corrected chi connectivity index (χ1v) is 6.54. The lowest BCUT2D eigenvalue weighted by Gasteiger charge is -2.04. The number of hydrogen-bond donors (Lipinski definition) is 4. The Bertz CT molecular complexity index is 624. The number of fused-ring (bicyclic) bond motifs is 1. The van der Waals surface area contributed by atoms with Crippen LogP contribution in [0.25, 0.3) is 10.9 Å². The number of aromatic amines is 1. The summed E-state index contributed by atoms with van der Waals surface area (Å²) in [6, 6.07) is 5.62. The van der Waals surface area contributed by atoms with Gasteiger partial charge in [-0.05, 0) is 30.2 Å². The van der Waals surface area contributed by atoms with Crippen LogP contribution in [-0.4, -0.2) is 42.3 Å². The molecule has 0 saturated carbocycles. The Kier molecular flexibility index (Phi) is 7.24. The average molecular weight is 309 g/mol. The van der Waals surface area contributed by atoms with E-state index in [4.69, 9.17) is 26.1 Å². The molecule has 0 aliphatic carbocycles. The minimum Gasteiger partial charge on any atom is -0.491 e. The lowest BCUT2D eigenvalue weighted by atomic mass is 10.1. The summed E-state index contributed by atoms with van der Waals surface area (Å²) in [6.07, 6.45) is 2.65. The second-order valence-corrected chi connectivity index (χ2v) is 4.22. The lowest BCUT2D eigenvalue weighted by molar-refractivity contribution is -0.122. The number of nitrogens with two attached hydrogens (primary N) is 2. The number of nitrogens with zero attached hydrogens (tertiary/aromatic N) is 1. The highest BCUT2D eigenvalue weighted by molar-refractivity contribution is 5.84. The van der Waals surface area contributed by atoms with Crippen molar-refractivity contribution in [3.63, 3.8) is 0 Å². The van der Waals surface area contributed by atoms with E-state index in [1.54, 1.807) is 0 Å². The van der Waals surface area contributed by atoms with Crippen LogP contribution in [0.2, 0.25) is 0 Å². The van der Waals surface area contributed by atoms with Gasteiger partial charge < -0.3 is 26.3 Å². The van der Waals surface area contributed by atoms with Gasteiger partial charge in [-0.15, -0.1) is 0 Å². The summed E-state index contributed by atoms with van der Waals surface area (Å²) >= 11 is 0. The molecule has 7 nitrogen and oxygen atoms in total. The number of alkyl halides is 1. The molecule has 1 heterocycles. The van der Waals surface area contributed by atoms with Gasteiger partial charge in [0.1, 0.15) is 19.0 Å². The van der Waals surface area contributed by atoms with Gasteiger partial charge in [-0.25, -0.2) is 4.39 Å². The van der Waals surface area contributed by atoms with E-state index in [0.29, 0.717) is 12.3 Å². The molecule has 1 aromatic carbocycles. The zero-order valence-corrected chi connectivity index (χ0v) is 12.0. The zero-order valence-electron chi connectivity index (χ0n) is 12.0. The Balaban J connectivity index is 0.000000745. The van der Waals surface area contributed by atoms with Gasteiger partial charge in [-0.2, -0.15) is 0 Å². The topological polar surface area (TPSA) is 127 Å². The van der Waals surface area contributed by atoms with Crippen molar-refractivity contribution in [1.29, 1.82) is 0 Å². The molecule has 2 rings (SSSR count). The van der Waals surface area contributed by atoms with Crippen LogP contribution in [0.3, 0.4) is 0 Å². The average Bonchev–Trinajstić information content (AvgIpc) is 2.88. The molecule has 1 aromatic heterocycles. The molecule has 0 amide bonds. The molecule has 0 unspecified atom stereocenters. The van der Waals surface area contributed by atoms with Crippen LogP contribution in [0.1, 0.15) is 5.56 Å². The number of H-pyrrole nitrogens is 1. The first kappa shape index (κ1) is 17.3. The lowest BCUT2D eigenvalue weighted by Crippen LogP contribution is -2.23. The quantitative estimate of drug-likeness (QED) is 0.360. The highest BCUT2D eigenvalue weighted by Crippen LogP contribution is 2.24. The molecule has 0 aliphatic heterocycles. The molecule has 0 atom stereocenters. The summed E-state index contributed by atoms with van der Waals surface area (Å²) in [4.78, 5) is 15.5. The van der Waals surface area contributed by atoms with Gasteiger partial charge in [0.2, 0.25) is 0 Å². The summed E-state index contributed by atoms with van der Waals surface area (Å²) in [5.74, 6) is 0.750. The first-order chi connectivity index (χ1) is 10.6. The smallest absolute Gasteiger partial charge is 0.290 e. The predicted molar refractivity (Wildman–Crippen MR) is 82.8 cm³/mol. The molecule has 0 saturated heterocycles. The SMILES string of the molecule is NC(N)=NCCc1c[nH]c2ccc(OCC[18F])cc12.O=CO. The van der Waals surface area contributed by atoms with Crippen LogP contribution in [0.4, 0.5) is 4.39 Å². The fourth-order valence-electron chi connectivity index (χ4n) is 1.92. The molecule has 0 bridgehead atoms. The minimum absolute atomic E-state index is 0.0687. The number of nitrogens with one attached hydrogen (secondary N) is 1. The van der Waals surface area contributed by atoms with Gasteiger partial charge in [0.15, 0.2) is 5.96 Å². The van der Waals surface area contributed by atoms with Crippen molar-refractivity contribution in [3.8, 4) is 5.75 Å². The molecule has 120 valence electrons. The predicted octanol–water partition coefficient (Wildman–Crippen LogP) is 1.03. The van der Waals surface area contributed by atoms with E-state index in [1.165, 1.54) is 0 Å². The van der Waals surface area contributed by atoms with Gasteiger partial charge in [0.05, 0.1) is 0 Å². The highest BCUT2D eigenvalue weighted by Gasteiger charge is 2.05. The number of carboxylic acid groups (broad SMARTS) is 1. The number of aliphatic imine (C=N–C) groups is 1. The maximum absolute atomic E-state index is 12.1. The second-order valence-electron chi connectivity index (χ2n) is 4.22. The van der Waals surface area contributed by atoms with Crippen molar-refractivity contribution in [2.75, 3.05) is 19.8 Å². The van der Waals surface area contributed by atoms with Crippen molar-refractivity contribution >= 4 is 23.3 Å². The molecule has 22 heavy (non-hydrogen) atoms. The van der Waals surface area contributed by atoms with E-state index < -0.39 is 6.67 Å². The van der Waals surface area contributed by atoms with Crippen LogP contribution in [-0.2, 0) is 11.2 Å². The van der Waals surface area contributed by atoms with E-state index in [-0.39, 0.29) is 19.0 Å². The van der Waals surface area contributed by atoms with Crippen LogP contribution in [0.5, 0.6) is 5.75 Å². The van der Waals surface area contributed by atoms with Crippen LogP contribution >= 0.6 is 0 Å². The van der Waals surface area contributed by atoms with Crippen LogP contribution in [0.15, 0.2) is 29.4 Å². The Morgan fingerprint density at radius 1 is 1.45 bits per heavy atom. The molecule has 6 N–H and O–H groups in total. The van der Waals surface area contributed by atoms with Crippen molar-refractivity contribution in [2.24, 2.45) is 16.5 Å². The normalized spacial score (nSPS) is 9.68. The number of halogens is 1. The van der Waals surface area contributed by atoms with E-state index in [9.17, 15) is 4.39 Å². The Morgan fingerprint density at radius 2 is 2.18 bits per heavy atom. The molecule has 0 radical (unpaired) electrons. The van der Waals surface area contributed by atoms with Gasteiger partial charge in [-0.1, -0.05) is 0 Å². The number of hydrogen-bond acceptors (Lipinski definition) is 3. The van der Waals surface area contributed by atoms with E-state index >= 15 is 0 Å². The summed E-state index contributed by atoms with van der Waals surface area (Å²) in [5.41, 5.74) is 12.7. The van der Waals surface area contributed by atoms with E-state index in [0.717, 1.165) is 22.9 Å². The summed E-state index contributed by atoms with van der Waals surface area (Å²) in [5, 5.41) is 7.93. The summed E-state index contributed by atoms with van der Waals surface area (Å²) in [6.45, 7) is -0.146. The monoisotopic (exact) mass is 309 g/mol. The maximum Gasteiger partial charge on any atom is 0.290 e. The number of carbonyl (C=O) groups is 1. The third kappa shape index (κ3) is 5.31. The molecule has 8 heteroatoms. The van der Waals surface area contributed by atoms with Crippen molar-refractivity contribution < 1.29 is 19.0 Å². The fourth-order valence-corrected chi connectivity index (χ4v) is 1.92. The molecule has 0 spiro atoms. The van der Waals surface area contributed by atoms with Gasteiger partial charge in [-0.3, -0.25) is 9.79 Å². The largest absolute Gasteiger partial charge is 0.491 e. The van der Waals surface area contributed by atoms with Crippen molar-refractivity contribution in [2.45, 2.75) is 6.42 Å². The standard InChI is InChI=1S/C13H17FN4O.CH2O2/c14-4-6-19-10-1-2-12-11(7-10)9(8-18-12)3-5-17-13(15)16;2-1-3/h1-2,7-8,18H,3-6H2,(H4,15,16,17);1H,(H,2,3)/i14-1;. The van der Waals surface area contributed by atoms with Gasteiger partial charge in [0, 0.05) is 23.6 Å². The zero-order chi connectivity index (χ0) is 16.4. The summed E-state index contributed by atoms with van der Waals surface area (Å²) in [7, 11) is 0. The number of benzene rings is 1. The third-order valence-electron chi connectivity index (χ3n) is 2.76. The first-order valence-electron chi connectivity index (χ1n) is 6.54. The van der Waals surface area contributed by atoms with Crippen molar-refractivity contribution in [3.05, 3.63) is 30.0 Å². The maximum atomic E-state index is 12.1. The van der Waals surface area contributed by atoms with E-state index in [1.807, 2.05) is 24.4 Å². The Labute approximate surface area is 126 Å². The number of aromatic nitrogens is 1. The second kappa shape index (κ2) is 9.22. The molecular weight excluding hydrogens is 290 g/mol. The molecule has 0 aliphatic rings. The molecular formula is C14H19FN4O3. The molecule has 2 aromatic rings. The van der Waals surface area contributed by atoms with Gasteiger partial charge >= 0.3 is 0 Å². The Morgan fingerprint density at radius 3 is 2.82 bits per heavy atom. The molecule has 0 fully saturated rings. The summed E-state index contributed by atoms with van der Waals surface area (Å²) < 4.78 is 17.4. The number of ether oxygens (including phenoxy) is 1. The minimum atomic E-state index is -0.497. The Hall–Kier alpha value is -2.77. The number of rotatable bonds is 6. The fraction of sp³-hybridized carbons (Fsp3) is 0.286. The van der Waals surface area contributed by atoms with E-state index in [2.05, 4.69) is 9.98 Å². The highest BCUT2D eigenvalue weighted by atomic mass is 18.2. The third-order valence-corrected chi connectivity index (χ3v) is 2.76. The van der Waals surface area contributed by atoms with Crippen LogP contribution in [0, 0.1) is 0 Å². The number of guanidine groups is 1. The van der Waals surface area contributed by atoms with Crippen molar-refractivity contribution in [1.82, 2.24) is 4.98 Å². The van der Waals surface area contributed by atoms with Crippen LogP contribution < -0.4 is 16.2 Å².